The maximum absolute atomic E-state index is 13.0. The summed E-state index contributed by atoms with van der Waals surface area (Å²) in [6.45, 7) is 2.66. The average molecular weight is 348 g/mol. The van der Waals surface area contributed by atoms with Gasteiger partial charge in [0.2, 0.25) is 0 Å². The van der Waals surface area contributed by atoms with Gasteiger partial charge in [0.05, 0.1) is 16.2 Å². The molecule has 1 atom stereocenters. The number of rotatable bonds is 6. The van der Waals surface area contributed by atoms with Crippen molar-refractivity contribution in [3.8, 4) is 9.88 Å². The Kier molecular flexibility index (Phi) is 4.87. The van der Waals surface area contributed by atoms with Crippen molar-refractivity contribution >= 4 is 22.7 Å². The Hall–Kier alpha value is -1.60. The Labute approximate surface area is 142 Å². The molecule has 2 N–H and O–H groups in total. The molecule has 2 aromatic heterocycles. The molecule has 0 amide bonds. The third kappa shape index (κ3) is 4.03. The number of thiophene rings is 1. The molecule has 1 unspecified atom stereocenters. The van der Waals surface area contributed by atoms with Gasteiger partial charge in [0.25, 0.3) is 0 Å². The van der Waals surface area contributed by atoms with Crippen LogP contribution < -0.4 is 5.32 Å². The van der Waals surface area contributed by atoms with Crippen LogP contribution in [0.4, 0.5) is 4.39 Å². The van der Waals surface area contributed by atoms with Crippen molar-refractivity contribution in [3.05, 3.63) is 64.2 Å². The van der Waals surface area contributed by atoms with E-state index in [9.17, 15) is 9.50 Å². The van der Waals surface area contributed by atoms with Crippen LogP contribution in [-0.2, 0) is 12.1 Å². The summed E-state index contributed by atoms with van der Waals surface area (Å²) in [4.78, 5) is 5.76. The molecule has 0 spiro atoms. The molecule has 3 rings (SSSR count). The van der Waals surface area contributed by atoms with E-state index >= 15 is 0 Å². The first kappa shape index (κ1) is 16.3. The fourth-order valence-corrected chi connectivity index (χ4v) is 3.88. The third-order valence-electron chi connectivity index (χ3n) is 3.53. The van der Waals surface area contributed by atoms with Crippen LogP contribution in [0, 0.1) is 5.82 Å². The predicted molar refractivity (Wildman–Crippen MR) is 93.1 cm³/mol. The molecule has 1 aromatic carbocycles. The monoisotopic (exact) mass is 348 g/mol. The average Bonchev–Trinajstić information content (AvgIpc) is 3.18. The van der Waals surface area contributed by atoms with E-state index in [0.717, 1.165) is 10.7 Å². The van der Waals surface area contributed by atoms with Crippen molar-refractivity contribution in [1.29, 1.82) is 0 Å². The van der Waals surface area contributed by atoms with E-state index in [1.54, 1.807) is 41.7 Å². The smallest absolute Gasteiger partial charge is 0.133 e. The molecule has 0 aliphatic carbocycles. The normalized spacial score (nSPS) is 13.9. The second-order valence-electron chi connectivity index (χ2n) is 5.51. The van der Waals surface area contributed by atoms with E-state index in [-0.39, 0.29) is 5.82 Å². The summed E-state index contributed by atoms with van der Waals surface area (Å²) in [6.07, 6.45) is 0. The predicted octanol–water partition coefficient (Wildman–Crippen LogP) is 4.01. The zero-order chi connectivity index (χ0) is 16.3. The molecule has 120 valence electrons. The number of hydrogen-bond acceptors (Lipinski definition) is 5. The first-order valence-corrected chi connectivity index (χ1v) is 8.98. The van der Waals surface area contributed by atoms with Crippen molar-refractivity contribution < 1.29 is 9.50 Å². The highest BCUT2D eigenvalue weighted by molar-refractivity contribution is 7.20. The molecule has 0 saturated carbocycles. The van der Waals surface area contributed by atoms with Crippen LogP contribution in [0.2, 0.25) is 0 Å². The molecule has 2 heterocycles. The van der Waals surface area contributed by atoms with Gasteiger partial charge in [-0.25, -0.2) is 9.37 Å². The number of aliphatic hydroxyl groups is 1. The largest absolute Gasteiger partial charge is 0.384 e. The summed E-state index contributed by atoms with van der Waals surface area (Å²) in [5, 5.41) is 18.8. The summed E-state index contributed by atoms with van der Waals surface area (Å²) < 4.78 is 13.0. The van der Waals surface area contributed by atoms with Gasteiger partial charge >= 0.3 is 0 Å². The van der Waals surface area contributed by atoms with Gasteiger partial charge in [0.1, 0.15) is 10.8 Å². The van der Waals surface area contributed by atoms with Gasteiger partial charge in [-0.05, 0) is 36.1 Å². The number of nitrogens with zero attached hydrogens (tertiary/aromatic N) is 1. The Morgan fingerprint density at radius 2 is 2.00 bits per heavy atom. The highest BCUT2D eigenvalue weighted by Crippen LogP contribution is 2.27. The van der Waals surface area contributed by atoms with E-state index < -0.39 is 5.60 Å². The highest BCUT2D eigenvalue weighted by atomic mass is 32.1. The first-order chi connectivity index (χ1) is 11.0. The number of aromatic nitrogens is 1. The molecular formula is C17H17FN2OS2. The van der Waals surface area contributed by atoms with Gasteiger partial charge in [-0.1, -0.05) is 18.2 Å². The minimum absolute atomic E-state index is 0.305. The van der Waals surface area contributed by atoms with Gasteiger partial charge in [-0.2, -0.15) is 0 Å². The molecule has 0 saturated heterocycles. The Morgan fingerprint density at radius 1 is 1.22 bits per heavy atom. The molecule has 6 heteroatoms. The maximum atomic E-state index is 13.0. The van der Waals surface area contributed by atoms with E-state index in [2.05, 4.69) is 16.4 Å². The van der Waals surface area contributed by atoms with Crippen LogP contribution in [0.15, 0.2) is 47.2 Å². The molecule has 3 nitrogen and oxygen atoms in total. The minimum atomic E-state index is -1.06. The fraction of sp³-hybridized carbons (Fsp3) is 0.235. The molecule has 0 radical (unpaired) electrons. The summed E-state index contributed by atoms with van der Waals surface area (Å²) in [7, 11) is 0. The number of thiazole rings is 1. The second-order valence-corrected chi connectivity index (χ2v) is 7.31. The minimum Gasteiger partial charge on any atom is -0.384 e. The van der Waals surface area contributed by atoms with Crippen LogP contribution >= 0.6 is 22.7 Å². The molecule has 0 aliphatic rings. The van der Waals surface area contributed by atoms with Gasteiger partial charge in [0.15, 0.2) is 0 Å². The number of halogens is 1. The standard InChI is InChI=1S/C17H17FN2OS2/c1-17(21,12-4-6-13(18)7-5-12)11-19-9-14-10-23-16(20-14)15-3-2-8-22-15/h2-8,10,19,21H,9,11H2,1H3. The Morgan fingerprint density at radius 3 is 2.70 bits per heavy atom. The van der Waals surface area contributed by atoms with Gasteiger partial charge in [-0.3, -0.25) is 0 Å². The van der Waals surface area contributed by atoms with Crippen LogP contribution in [0.5, 0.6) is 0 Å². The van der Waals surface area contributed by atoms with Crippen molar-refractivity contribution in [1.82, 2.24) is 10.3 Å². The summed E-state index contributed by atoms with van der Waals surface area (Å²) >= 11 is 3.29. The van der Waals surface area contributed by atoms with Gasteiger partial charge in [-0.15, -0.1) is 22.7 Å². The lowest BCUT2D eigenvalue weighted by atomic mass is 9.96. The van der Waals surface area contributed by atoms with E-state index in [1.165, 1.54) is 17.0 Å². The number of hydrogen-bond donors (Lipinski definition) is 2. The lowest BCUT2D eigenvalue weighted by Gasteiger charge is -2.24. The third-order valence-corrected chi connectivity index (χ3v) is 5.46. The van der Waals surface area contributed by atoms with Crippen LogP contribution in [0.3, 0.4) is 0 Å². The summed E-state index contributed by atoms with van der Waals surface area (Å²) in [6, 6.07) is 10.00. The maximum Gasteiger partial charge on any atom is 0.133 e. The molecule has 23 heavy (non-hydrogen) atoms. The lowest BCUT2D eigenvalue weighted by molar-refractivity contribution is 0.0565. The van der Waals surface area contributed by atoms with Crippen molar-refractivity contribution in [3.63, 3.8) is 0 Å². The molecule has 3 aromatic rings. The topological polar surface area (TPSA) is 45.1 Å². The van der Waals surface area contributed by atoms with Crippen molar-refractivity contribution in [2.45, 2.75) is 19.1 Å². The Balaban J connectivity index is 1.57. The number of benzene rings is 1. The first-order valence-electron chi connectivity index (χ1n) is 7.22. The fourth-order valence-electron chi connectivity index (χ4n) is 2.25. The zero-order valence-electron chi connectivity index (χ0n) is 12.6. The van der Waals surface area contributed by atoms with Gasteiger partial charge < -0.3 is 10.4 Å². The van der Waals surface area contributed by atoms with Crippen molar-refractivity contribution in [2.75, 3.05) is 6.54 Å². The SMILES string of the molecule is CC(O)(CNCc1csc(-c2cccs2)n1)c1ccc(F)cc1. The van der Waals surface area contributed by atoms with E-state index in [1.807, 2.05) is 16.8 Å². The van der Waals surface area contributed by atoms with E-state index in [0.29, 0.717) is 18.7 Å². The zero-order valence-corrected chi connectivity index (χ0v) is 14.3. The van der Waals surface area contributed by atoms with E-state index in [4.69, 9.17) is 0 Å². The van der Waals surface area contributed by atoms with Crippen molar-refractivity contribution in [2.24, 2.45) is 0 Å². The van der Waals surface area contributed by atoms with Crippen LogP contribution in [0.25, 0.3) is 9.88 Å². The number of nitrogens with one attached hydrogen (secondary N) is 1. The Bertz CT molecular complexity index is 751. The second kappa shape index (κ2) is 6.88. The molecule has 0 fully saturated rings. The molecular weight excluding hydrogens is 331 g/mol. The summed E-state index contributed by atoms with van der Waals surface area (Å²) in [5.74, 6) is -0.305. The summed E-state index contributed by atoms with van der Waals surface area (Å²) in [5.41, 5.74) is 0.581. The quantitative estimate of drug-likeness (QED) is 0.707. The van der Waals surface area contributed by atoms with Crippen LogP contribution in [-0.4, -0.2) is 16.6 Å². The highest BCUT2D eigenvalue weighted by Gasteiger charge is 2.22. The van der Waals surface area contributed by atoms with Crippen LogP contribution in [0.1, 0.15) is 18.2 Å². The van der Waals surface area contributed by atoms with Gasteiger partial charge in [0, 0.05) is 18.5 Å². The lowest BCUT2D eigenvalue weighted by Crippen LogP contribution is -2.35. The molecule has 0 aliphatic heterocycles. The molecule has 0 bridgehead atoms.